The number of carbonyl (C=O) groups is 1. The van der Waals surface area contributed by atoms with Crippen LogP contribution in [-0.2, 0) is 11.3 Å². The molecule has 0 aliphatic rings. The number of carbonyl (C=O) groups excluding carboxylic acids is 1. The highest BCUT2D eigenvalue weighted by molar-refractivity contribution is 5.91. The Morgan fingerprint density at radius 2 is 2.10 bits per heavy atom. The van der Waals surface area contributed by atoms with Gasteiger partial charge in [-0.2, -0.15) is 0 Å². The first-order valence-electron chi connectivity index (χ1n) is 6.24. The number of hydrogen-bond acceptors (Lipinski definition) is 4. The van der Waals surface area contributed by atoms with Crippen LogP contribution in [-0.4, -0.2) is 16.1 Å². The van der Waals surface area contributed by atoms with Gasteiger partial charge >= 0.3 is 0 Å². The highest BCUT2D eigenvalue weighted by atomic mass is 19.1. The Labute approximate surface area is 121 Å². The minimum absolute atomic E-state index is 0.378. The van der Waals surface area contributed by atoms with Gasteiger partial charge in [0.05, 0.1) is 18.4 Å². The quantitative estimate of drug-likeness (QED) is 0.448. The normalized spacial score (nSPS) is 10.6. The van der Waals surface area contributed by atoms with E-state index in [0.717, 1.165) is 17.4 Å². The van der Waals surface area contributed by atoms with E-state index in [4.69, 9.17) is 5.21 Å². The minimum Gasteiger partial charge on any atom is -0.379 e. The Hall–Kier alpha value is -2.73. The van der Waals surface area contributed by atoms with Crippen molar-refractivity contribution in [1.82, 2.24) is 10.5 Å². The maximum atomic E-state index is 12.8. The molecule has 108 valence electrons. The van der Waals surface area contributed by atoms with Crippen LogP contribution in [0.1, 0.15) is 11.3 Å². The van der Waals surface area contributed by atoms with Crippen LogP contribution < -0.4 is 10.8 Å². The number of rotatable bonds is 5. The van der Waals surface area contributed by atoms with E-state index >= 15 is 0 Å². The van der Waals surface area contributed by atoms with E-state index in [1.807, 2.05) is 24.3 Å². The summed E-state index contributed by atoms with van der Waals surface area (Å²) in [6.07, 6.45) is 3.96. The number of amides is 1. The summed E-state index contributed by atoms with van der Waals surface area (Å²) < 4.78 is 12.8. The highest BCUT2D eigenvalue weighted by Crippen LogP contribution is 2.17. The third-order valence-electron chi connectivity index (χ3n) is 2.73. The van der Waals surface area contributed by atoms with E-state index in [2.05, 4.69) is 10.3 Å². The molecule has 2 rings (SSSR count). The average molecular weight is 287 g/mol. The van der Waals surface area contributed by atoms with Crippen LogP contribution in [0.2, 0.25) is 0 Å². The molecule has 0 fully saturated rings. The molecule has 0 saturated carbocycles. The second kappa shape index (κ2) is 7.16. The molecule has 6 heteroatoms. The molecule has 3 N–H and O–H groups in total. The molecule has 0 aliphatic carbocycles. The number of hydrogen-bond donors (Lipinski definition) is 3. The highest BCUT2D eigenvalue weighted by Gasteiger charge is 2.01. The van der Waals surface area contributed by atoms with Gasteiger partial charge in [0.1, 0.15) is 5.82 Å². The van der Waals surface area contributed by atoms with Crippen LogP contribution in [0.25, 0.3) is 6.08 Å². The Balaban J connectivity index is 2.07. The molecule has 1 aromatic carbocycles. The summed E-state index contributed by atoms with van der Waals surface area (Å²) in [6.45, 7) is 0.428. The standard InChI is InChI=1S/C15H14FN3O2/c16-12-6-7-13(17-9-12)10-18-14-4-2-1-3-11(14)5-8-15(20)19-21/h1-9,18,21H,10H2,(H,19,20). The molecule has 5 nitrogen and oxygen atoms in total. The molecule has 2 aromatic rings. The van der Waals surface area contributed by atoms with Gasteiger partial charge < -0.3 is 5.32 Å². The molecular formula is C15H14FN3O2. The number of anilines is 1. The number of hydroxylamine groups is 1. The fourth-order valence-electron chi connectivity index (χ4n) is 1.70. The molecule has 1 heterocycles. The van der Waals surface area contributed by atoms with Gasteiger partial charge in [-0.05, 0) is 29.8 Å². The molecule has 0 aliphatic heterocycles. The zero-order valence-corrected chi connectivity index (χ0v) is 11.1. The summed E-state index contributed by atoms with van der Waals surface area (Å²) in [7, 11) is 0. The van der Waals surface area contributed by atoms with E-state index in [-0.39, 0.29) is 5.82 Å². The number of para-hydroxylation sites is 1. The first kappa shape index (κ1) is 14.7. The van der Waals surface area contributed by atoms with Crippen molar-refractivity contribution in [3.63, 3.8) is 0 Å². The monoisotopic (exact) mass is 287 g/mol. The molecular weight excluding hydrogens is 273 g/mol. The van der Waals surface area contributed by atoms with Crippen LogP contribution in [0, 0.1) is 5.82 Å². The molecule has 21 heavy (non-hydrogen) atoms. The summed E-state index contributed by atoms with van der Waals surface area (Å²) in [5.74, 6) is -0.984. The number of nitrogens with one attached hydrogen (secondary N) is 2. The fraction of sp³-hybridized carbons (Fsp3) is 0.0667. The Bertz CT molecular complexity index is 642. The molecule has 0 bridgehead atoms. The lowest BCUT2D eigenvalue weighted by Gasteiger charge is -2.09. The zero-order chi connectivity index (χ0) is 15.1. The average Bonchev–Trinajstić information content (AvgIpc) is 2.52. The molecule has 0 saturated heterocycles. The van der Waals surface area contributed by atoms with E-state index < -0.39 is 5.91 Å². The molecule has 0 unspecified atom stereocenters. The van der Waals surface area contributed by atoms with Crippen LogP contribution in [0.5, 0.6) is 0 Å². The predicted molar refractivity (Wildman–Crippen MR) is 76.9 cm³/mol. The lowest BCUT2D eigenvalue weighted by molar-refractivity contribution is -0.124. The van der Waals surface area contributed by atoms with Crippen LogP contribution in [0.3, 0.4) is 0 Å². The van der Waals surface area contributed by atoms with Crippen molar-refractivity contribution >= 4 is 17.7 Å². The lowest BCUT2D eigenvalue weighted by Crippen LogP contribution is -2.14. The van der Waals surface area contributed by atoms with Crippen molar-refractivity contribution in [2.24, 2.45) is 0 Å². The Morgan fingerprint density at radius 1 is 1.29 bits per heavy atom. The fourth-order valence-corrected chi connectivity index (χ4v) is 1.70. The smallest absolute Gasteiger partial charge is 0.267 e. The molecule has 0 radical (unpaired) electrons. The van der Waals surface area contributed by atoms with E-state index in [1.165, 1.54) is 17.6 Å². The van der Waals surface area contributed by atoms with E-state index in [9.17, 15) is 9.18 Å². The predicted octanol–water partition coefficient (Wildman–Crippen LogP) is 2.35. The van der Waals surface area contributed by atoms with Crippen molar-refractivity contribution < 1.29 is 14.4 Å². The molecule has 0 spiro atoms. The van der Waals surface area contributed by atoms with Crippen molar-refractivity contribution in [3.8, 4) is 0 Å². The molecule has 1 amide bonds. The first-order valence-corrected chi connectivity index (χ1v) is 6.24. The van der Waals surface area contributed by atoms with Gasteiger partial charge in [0.2, 0.25) is 0 Å². The summed E-state index contributed by atoms with van der Waals surface area (Å²) in [5.41, 5.74) is 3.80. The van der Waals surface area contributed by atoms with Crippen LogP contribution >= 0.6 is 0 Å². The third-order valence-corrected chi connectivity index (χ3v) is 2.73. The van der Waals surface area contributed by atoms with Gasteiger partial charge in [-0.15, -0.1) is 0 Å². The van der Waals surface area contributed by atoms with Crippen molar-refractivity contribution in [2.45, 2.75) is 6.54 Å². The van der Waals surface area contributed by atoms with Crippen molar-refractivity contribution in [1.29, 1.82) is 0 Å². The largest absolute Gasteiger partial charge is 0.379 e. The van der Waals surface area contributed by atoms with Crippen LogP contribution in [0.4, 0.5) is 10.1 Å². The van der Waals surface area contributed by atoms with Crippen molar-refractivity contribution in [3.05, 3.63) is 65.7 Å². The third kappa shape index (κ3) is 4.39. The summed E-state index contributed by atoms with van der Waals surface area (Å²) in [5, 5.41) is 11.6. The Morgan fingerprint density at radius 3 is 2.81 bits per heavy atom. The van der Waals surface area contributed by atoms with Gasteiger partial charge in [-0.25, -0.2) is 9.87 Å². The van der Waals surface area contributed by atoms with Gasteiger partial charge in [0.25, 0.3) is 5.91 Å². The number of benzene rings is 1. The SMILES string of the molecule is O=C(C=Cc1ccccc1NCc1ccc(F)cn1)NO. The Kier molecular flexibility index (Phi) is 5.00. The number of aromatic nitrogens is 1. The first-order chi connectivity index (χ1) is 10.2. The zero-order valence-electron chi connectivity index (χ0n) is 11.1. The topological polar surface area (TPSA) is 74.2 Å². The minimum atomic E-state index is -0.606. The van der Waals surface area contributed by atoms with Gasteiger partial charge in [0, 0.05) is 11.8 Å². The summed E-state index contributed by atoms with van der Waals surface area (Å²) in [4.78, 5) is 15.0. The number of halogens is 1. The molecule has 0 atom stereocenters. The maximum absolute atomic E-state index is 12.8. The van der Waals surface area contributed by atoms with Crippen molar-refractivity contribution in [2.75, 3.05) is 5.32 Å². The van der Waals surface area contributed by atoms with Gasteiger partial charge in [0.15, 0.2) is 0 Å². The number of pyridine rings is 1. The second-order valence-corrected chi connectivity index (χ2v) is 4.22. The summed E-state index contributed by atoms with van der Waals surface area (Å²) in [6, 6.07) is 10.3. The summed E-state index contributed by atoms with van der Waals surface area (Å²) >= 11 is 0. The van der Waals surface area contributed by atoms with Crippen LogP contribution in [0.15, 0.2) is 48.7 Å². The maximum Gasteiger partial charge on any atom is 0.267 e. The van der Waals surface area contributed by atoms with Gasteiger partial charge in [-0.3, -0.25) is 15.0 Å². The van der Waals surface area contributed by atoms with E-state index in [0.29, 0.717) is 12.2 Å². The lowest BCUT2D eigenvalue weighted by atomic mass is 10.1. The second-order valence-electron chi connectivity index (χ2n) is 4.22. The van der Waals surface area contributed by atoms with Gasteiger partial charge in [-0.1, -0.05) is 18.2 Å². The van der Waals surface area contributed by atoms with E-state index in [1.54, 1.807) is 12.1 Å². The molecule has 1 aromatic heterocycles. The number of nitrogens with zero attached hydrogens (tertiary/aromatic N) is 1.